The molecule has 3 N–H and O–H groups in total. The molecule has 0 spiro atoms. The monoisotopic (exact) mass is 532 g/mol. The van der Waals surface area contributed by atoms with E-state index in [2.05, 4.69) is 0 Å². The first-order valence-electron chi connectivity index (χ1n) is 15.2. The van der Waals surface area contributed by atoms with Crippen LogP contribution in [-0.4, -0.2) is 55.3 Å². The summed E-state index contributed by atoms with van der Waals surface area (Å²) in [6.07, 6.45) is 9.76. The molecule has 6 atom stereocenters. The van der Waals surface area contributed by atoms with Gasteiger partial charge in [-0.2, -0.15) is 0 Å². The minimum atomic E-state index is -0.955. The van der Waals surface area contributed by atoms with E-state index in [4.69, 9.17) is 9.47 Å². The fourth-order valence-electron chi connectivity index (χ4n) is 11.0. The van der Waals surface area contributed by atoms with E-state index in [9.17, 15) is 24.9 Å². The first kappa shape index (κ1) is 27.0. The lowest BCUT2D eigenvalue weighted by Gasteiger charge is -2.64. The Morgan fingerprint density at radius 1 is 0.816 bits per heavy atom. The van der Waals surface area contributed by atoms with Gasteiger partial charge in [-0.15, -0.1) is 0 Å². The van der Waals surface area contributed by atoms with E-state index in [0.717, 1.165) is 25.7 Å². The highest BCUT2D eigenvalue weighted by atomic mass is 16.6. The summed E-state index contributed by atoms with van der Waals surface area (Å²) < 4.78 is 12.4. The Hall–Kier alpha value is -1.18. The van der Waals surface area contributed by atoms with Crippen LogP contribution in [0.2, 0.25) is 0 Å². The summed E-state index contributed by atoms with van der Waals surface area (Å²) in [5, 5.41) is 33.3. The molecule has 0 aromatic rings. The van der Waals surface area contributed by atoms with Crippen molar-refractivity contribution >= 4 is 11.9 Å². The van der Waals surface area contributed by atoms with E-state index >= 15 is 0 Å². The molecule has 7 nitrogen and oxygen atoms in total. The molecule has 8 rings (SSSR count). The molecule has 8 saturated carbocycles. The predicted octanol–water partition coefficient (Wildman–Crippen LogP) is 4.43. The van der Waals surface area contributed by atoms with Crippen molar-refractivity contribution in [3.63, 3.8) is 0 Å². The lowest BCUT2D eigenvalue weighted by Crippen LogP contribution is -2.67. The van der Waals surface area contributed by atoms with Crippen LogP contribution in [0.3, 0.4) is 0 Å². The second-order valence-electron chi connectivity index (χ2n) is 15.7. The van der Waals surface area contributed by atoms with Crippen molar-refractivity contribution in [2.75, 3.05) is 0 Å². The van der Waals surface area contributed by atoms with Crippen LogP contribution in [-0.2, 0) is 19.1 Å². The predicted molar refractivity (Wildman–Crippen MR) is 140 cm³/mol. The van der Waals surface area contributed by atoms with Gasteiger partial charge in [-0.3, -0.25) is 9.59 Å². The lowest BCUT2D eigenvalue weighted by molar-refractivity contribution is -0.262. The van der Waals surface area contributed by atoms with Crippen LogP contribution < -0.4 is 0 Å². The summed E-state index contributed by atoms with van der Waals surface area (Å²) in [6, 6.07) is 0. The van der Waals surface area contributed by atoms with Crippen molar-refractivity contribution in [2.45, 2.75) is 146 Å². The van der Waals surface area contributed by atoms with E-state index in [1.54, 1.807) is 0 Å². The fourth-order valence-corrected chi connectivity index (χ4v) is 11.0. The summed E-state index contributed by atoms with van der Waals surface area (Å²) in [6.45, 7) is 7.80. The molecule has 7 heteroatoms. The third-order valence-electron chi connectivity index (χ3n) is 11.8. The first-order chi connectivity index (χ1) is 17.6. The minimum absolute atomic E-state index is 0.174. The molecular formula is C31H48O7. The van der Waals surface area contributed by atoms with Crippen LogP contribution in [0.1, 0.15) is 118 Å². The van der Waals surface area contributed by atoms with E-state index in [1.165, 1.54) is 6.42 Å². The van der Waals surface area contributed by atoms with Crippen molar-refractivity contribution in [1.29, 1.82) is 0 Å². The second-order valence-corrected chi connectivity index (χ2v) is 15.7. The molecule has 38 heavy (non-hydrogen) atoms. The molecule has 0 heterocycles. The van der Waals surface area contributed by atoms with Gasteiger partial charge in [0.2, 0.25) is 0 Å². The third-order valence-corrected chi connectivity index (χ3v) is 11.8. The molecule has 8 fully saturated rings. The number of carbonyl (C=O) groups excluding carboxylic acids is 2. The molecule has 8 aliphatic rings. The van der Waals surface area contributed by atoms with Gasteiger partial charge in [-0.05, 0) is 102 Å². The zero-order valence-corrected chi connectivity index (χ0v) is 23.8. The van der Waals surface area contributed by atoms with Gasteiger partial charge in [0.15, 0.2) is 0 Å². The number of ether oxygens (including phenoxy) is 2. The number of hydrogen-bond acceptors (Lipinski definition) is 7. The van der Waals surface area contributed by atoms with E-state index in [1.807, 2.05) is 27.7 Å². The molecule has 0 aliphatic heterocycles. The maximum atomic E-state index is 13.5. The fraction of sp³-hybridized carbons (Fsp3) is 0.935. The lowest BCUT2D eigenvalue weighted by atomic mass is 9.44. The standard InChI is InChI=1S/C31H48O7/c1-5-23(25(33)37-26(3,4)27-8-20-7-21(9-27)11-28(34,10-20)15-27)6-19(2)24(32)38-31-14-22-12-29(35,17-31)16-30(36,13-22)18-31/h19-23,34-36H,5-18H2,1-4H3. The largest absolute Gasteiger partial charge is 0.459 e. The Labute approximate surface area is 227 Å². The molecule has 0 aromatic heterocycles. The molecular weight excluding hydrogens is 484 g/mol. The van der Waals surface area contributed by atoms with Gasteiger partial charge >= 0.3 is 11.9 Å². The highest BCUT2D eigenvalue weighted by molar-refractivity contribution is 5.76. The average Bonchev–Trinajstić information content (AvgIpc) is 2.72. The van der Waals surface area contributed by atoms with Crippen molar-refractivity contribution in [2.24, 2.45) is 35.0 Å². The van der Waals surface area contributed by atoms with Crippen LogP contribution in [0, 0.1) is 35.0 Å². The van der Waals surface area contributed by atoms with Crippen molar-refractivity contribution in [3.8, 4) is 0 Å². The van der Waals surface area contributed by atoms with Crippen LogP contribution in [0.25, 0.3) is 0 Å². The maximum absolute atomic E-state index is 13.5. The summed E-state index contributed by atoms with van der Waals surface area (Å²) in [5.41, 5.74) is -4.21. The van der Waals surface area contributed by atoms with Gasteiger partial charge in [0.1, 0.15) is 11.2 Å². The highest BCUT2D eigenvalue weighted by Crippen LogP contribution is 2.66. The molecule has 0 saturated heterocycles. The van der Waals surface area contributed by atoms with E-state index in [-0.39, 0.29) is 23.3 Å². The van der Waals surface area contributed by atoms with Crippen LogP contribution in [0.4, 0.5) is 0 Å². The summed E-state index contributed by atoms with van der Waals surface area (Å²) in [7, 11) is 0. The van der Waals surface area contributed by atoms with Crippen molar-refractivity contribution in [3.05, 3.63) is 0 Å². The Bertz CT molecular complexity index is 970. The smallest absolute Gasteiger partial charge is 0.309 e. The Morgan fingerprint density at radius 3 is 1.92 bits per heavy atom. The topological polar surface area (TPSA) is 113 Å². The van der Waals surface area contributed by atoms with Gasteiger partial charge in [-0.1, -0.05) is 13.8 Å². The molecule has 8 bridgehead atoms. The number of rotatable bonds is 8. The zero-order chi connectivity index (χ0) is 27.4. The van der Waals surface area contributed by atoms with Gasteiger partial charge in [0.05, 0.1) is 28.6 Å². The number of aliphatic hydroxyl groups is 3. The molecule has 0 aromatic carbocycles. The zero-order valence-electron chi connectivity index (χ0n) is 23.8. The molecule has 214 valence electrons. The third kappa shape index (κ3) is 4.43. The van der Waals surface area contributed by atoms with Gasteiger partial charge in [0.25, 0.3) is 0 Å². The summed E-state index contributed by atoms with van der Waals surface area (Å²) >= 11 is 0. The Balaban J connectivity index is 1.10. The first-order valence-corrected chi connectivity index (χ1v) is 15.2. The number of esters is 2. The maximum Gasteiger partial charge on any atom is 0.309 e. The van der Waals surface area contributed by atoms with Crippen LogP contribution in [0.15, 0.2) is 0 Å². The van der Waals surface area contributed by atoms with Gasteiger partial charge in [-0.25, -0.2) is 0 Å². The number of hydrogen-bond donors (Lipinski definition) is 3. The quantitative estimate of drug-likeness (QED) is 0.396. The molecule has 0 amide bonds. The molecule has 0 radical (unpaired) electrons. The minimum Gasteiger partial charge on any atom is -0.459 e. The highest BCUT2D eigenvalue weighted by Gasteiger charge is 2.65. The van der Waals surface area contributed by atoms with Gasteiger partial charge < -0.3 is 24.8 Å². The van der Waals surface area contributed by atoms with Crippen LogP contribution >= 0.6 is 0 Å². The second kappa shape index (κ2) is 8.42. The summed E-state index contributed by atoms with van der Waals surface area (Å²) in [5.74, 6) is -0.334. The molecule has 6 unspecified atom stereocenters. The van der Waals surface area contributed by atoms with Gasteiger partial charge in [0, 0.05) is 24.7 Å². The molecule has 8 aliphatic carbocycles. The SMILES string of the molecule is CCC(CC(C)C(=O)OC12CC3CC(O)(CC(O)(C3)C1)C2)C(=O)OC(C)(C)C12CC3CC(CC(O)(C3)C1)C2. The number of carbonyl (C=O) groups is 2. The van der Waals surface area contributed by atoms with Crippen molar-refractivity contribution < 1.29 is 34.4 Å². The van der Waals surface area contributed by atoms with E-state index < -0.39 is 39.8 Å². The van der Waals surface area contributed by atoms with Crippen LogP contribution in [0.5, 0.6) is 0 Å². The van der Waals surface area contributed by atoms with E-state index in [0.29, 0.717) is 69.6 Å². The normalized spacial score (nSPS) is 48.1. The summed E-state index contributed by atoms with van der Waals surface area (Å²) in [4.78, 5) is 26.8. The Kier molecular flexibility index (Phi) is 5.99. The Morgan fingerprint density at radius 2 is 1.39 bits per heavy atom. The average molecular weight is 533 g/mol. The van der Waals surface area contributed by atoms with Crippen molar-refractivity contribution in [1.82, 2.24) is 0 Å².